The third kappa shape index (κ3) is 4.48. The van der Waals surface area contributed by atoms with E-state index in [0.29, 0.717) is 22.8 Å². The van der Waals surface area contributed by atoms with Gasteiger partial charge in [0.2, 0.25) is 11.7 Å². The molecular formula is C19H21NO4S. The van der Waals surface area contributed by atoms with Crippen molar-refractivity contribution in [2.75, 3.05) is 32.9 Å². The molecule has 0 spiro atoms. The third-order valence-electron chi connectivity index (χ3n) is 3.51. The van der Waals surface area contributed by atoms with Crippen LogP contribution in [-0.4, -0.2) is 33.5 Å². The van der Waals surface area contributed by atoms with E-state index >= 15 is 0 Å². The lowest BCUT2D eigenvalue weighted by molar-refractivity contribution is -0.111. The fourth-order valence-electron chi connectivity index (χ4n) is 2.34. The van der Waals surface area contributed by atoms with E-state index in [9.17, 15) is 4.79 Å². The summed E-state index contributed by atoms with van der Waals surface area (Å²) in [7, 11) is 4.65. The molecule has 0 heterocycles. The molecule has 5 nitrogen and oxygen atoms in total. The molecule has 0 atom stereocenters. The Morgan fingerprint density at radius 3 is 2.36 bits per heavy atom. The molecule has 0 unspecified atom stereocenters. The van der Waals surface area contributed by atoms with E-state index in [1.165, 1.54) is 6.08 Å². The largest absolute Gasteiger partial charge is 0.493 e. The molecule has 0 aliphatic rings. The van der Waals surface area contributed by atoms with Crippen LogP contribution in [0.1, 0.15) is 5.56 Å². The van der Waals surface area contributed by atoms with E-state index in [2.05, 4.69) is 5.32 Å². The van der Waals surface area contributed by atoms with Crippen molar-refractivity contribution < 1.29 is 19.0 Å². The Kier molecular flexibility index (Phi) is 6.77. The Bertz CT molecular complexity index is 774. The molecule has 0 aliphatic carbocycles. The summed E-state index contributed by atoms with van der Waals surface area (Å²) >= 11 is 1.58. The predicted molar refractivity (Wildman–Crippen MR) is 102 cm³/mol. The first-order valence-corrected chi connectivity index (χ1v) is 8.78. The van der Waals surface area contributed by atoms with Gasteiger partial charge in [-0.05, 0) is 36.6 Å². The maximum Gasteiger partial charge on any atom is 0.248 e. The van der Waals surface area contributed by atoms with Crippen molar-refractivity contribution in [3.05, 3.63) is 48.0 Å². The highest BCUT2D eigenvalue weighted by atomic mass is 32.2. The van der Waals surface area contributed by atoms with Gasteiger partial charge < -0.3 is 19.5 Å². The van der Waals surface area contributed by atoms with Gasteiger partial charge in [-0.3, -0.25) is 4.79 Å². The first-order chi connectivity index (χ1) is 12.1. The molecule has 2 rings (SSSR count). The molecule has 2 aromatic rings. The van der Waals surface area contributed by atoms with Crippen LogP contribution in [0.2, 0.25) is 0 Å². The van der Waals surface area contributed by atoms with Gasteiger partial charge in [-0.2, -0.15) is 0 Å². The maximum absolute atomic E-state index is 12.2. The van der Waals surface area contributed by atoms with Gasteiger partial charge in [0.05, 0.1) is 27.0 Å². The average Bonchev–Trinajstić information content (AvgIpc) is 2.65. The van der Waals surface area contributed by atoms with Crippen molar-refractivity contribution in [3.8, 4) is 17.2 Å². The van der Waals surface area contributed by atoms with Gasteiger partial charge in [0.1, 0.15) is 0 Å². The van der Waals surface area contributed by atoms with Gasteiger partial charge in [0, 0.05) is 16.5 Å². The summed E-state index contributed by atoms with van der Waals surface area (Å²) in [5, 5.41) is 2.88. The molecule has 0 radical (unpaired) electrons. The molecule has 0 aliphatic heterocycles. The number of benzene rings is 2. The first kappa shape index (κ1) is 18.7. The van der Waals surface area contributed by atoms with E-state index in [4.69, 9.17) is 14.2 Å². The van der Waals surface area contributed by atoms with E-state index in [1.54, 1.807) is 51.3 Å². The molecular weight excluding hydrogens is 338 g/mol. The van der Waals surface area contributed by atoms with Crippen LogP contribution in [0.4, 0.5) is 5.69 Å². The summed E-state index contributed by atoms with van der Waals surface area (Å²) in [6.45, 7) is 0. The van der Waals surface area contributed by atoms with E-state index in [-0.39, 0.29) is 5.91 Å². The summed E-state index contributed by atoms with van der Waals surface area (Å²) in [4.78, 5) is 13.2. The average molecular weight is 359 g/mol. The van der Waals surface area contributed by atoms with Gasteiger partial charge in [0.15, 0.2) is 11.5 Å². The van der Waals surface area contributed by atoms with Crippen LogP contribution in [0.5, 0.6) is 17.2 Å². The van der Waals surface area contributed by atoms with Crippen LogP contribution in [0, 0.1) is 0 Å². The quantitative estimate of drug-likeness (QED) is 0.596. The third-order valence-corrected chi connectivity index (χ3v) is 4.31. The van der Waals surface area contributed by atoms with Crippen molar-refractivity contribution in [1.82, 2.24) is 0 Å². The second-order valence-corrected chi connectivity index (χ2v) is 5.79. The normalized spacial score (nSPS) is 10.6. The summed E-state index contributed by atoms with van der Waals surface area (Å²) in [6, 6.07) is 11.2. The fourth-order valence-corrected chi connectivity index (χ4v) is 2.90. The minimum atomic E-state index is -0.224. The number of anilines is 1. The van der Waals surface area contributed by atoms with Crippen LogP contribution in [0.15, 0.2) is 47.4 Å². The van der Waals surface area contributed by atoms with Crippen molar-refractivity contribution in [1.29, 1.82) is 0 Å². The SMILES string of the molecule is COc1ccc(/C=C/C(=O)Nc2ccccc2SC)c(OC)c1OC. The highest BCUT2D eigenvalue weighted by Crippen LogP contribution is 2.40. The number of hydrogen-bond donors (Lipinski definition) is 1. The number of nitrogens with one attached hydrogen (secondary N) is 1. The number of methoxy groups -OCH3 is 3. The second kappa shape index (κ2) is 9.03. The summed E-state index contributed by atoms with van der Waals surface area (Å²) < 4.78 is 16.0. The van der Waals surface area contributed by atoms with Gasteiger partial charge in [-0.25, -0.2) is 0 Å². The number of carbonyl (C=O) groups is 1. The van der Waals surface area contributed by atoms with Crippen molar-refractivity contribution in [2.24, 2.45) is 0 Å². The molecule has 2 aromatic carbocycles. The molecule has 6 heteroatoms. The van der Waals surface area contributed by atoms with E-state index in [1.807, 2.05) is 30.5 Å². The molecule has 0 aromatic heterocycles. The number of rotatable bonds is 7. The minimum Gasteiger partial charge on any atom is -0.493 e. The Morgan fingerprint density at radius 1 is 1.00 bits per heavy atom. The molecule has 1 N–H and O–H groups in total. The van der Waals surface area contributed by atoms with Crippen molar-refractivity contribution in [2.45, 2.75) is 4.90 Å². The zero-order valence-corrected chi connectivity index (χ0v) is 15.5. The monoisotopic (exact) mass is 359 g/mol. The number of amides is 1. The fraction of sp³-hybridized carbons (Fsp3) is 0.211. The number of thioether (sulfide) groups is 1. The van der Waals surface area contributed by atoms with Gasteiger partial charge in [-0.15, -0.1) is 11.8 Å². The lowest BCUT2D eigenvalue weighted by Gasteiger charge is -2.14. The summed E-state index contributed by atoms with van der Waals surface area (Å²) in [5.41, 5.74) is 1.50. The lowest BCUT2D eigenvalue weighted by atomic mass is 10.1. The summed E-state index contributed by atoms with van der Waals surface area (Å²) in [5.74, 6) is 1.34. The Hall–Kier alpha value is -2.60. The lowest BCUT2D eigenvalue weighted by Crippen LogP contribution is -2.08. The summed E-state index contributed by atoms with van der Waals surface area (Å²) in [6.07, 6.45) is 5.11. The molecule has 25 heavy (non-hydrogen) atoms. The number of carbonyl (C=O) groups excluding carboxylic acids is 1. The highest BCUT2D eigenvalue weighted by Gasteiger charge is 2.14. The van der Waals surface area contributed by atoms with Gasteiger partial charge in [-0.1, -0.05) is 12.1 Å². The number of para-hydroxylation sites is 1. The number of hydrogen-bond acceptors (Lipinski definition) is 5. The smallest absolute Gasteiger partial charge is 0.248 e. The van der Waals surface area contributed by atoms with Crippen LogP contribution in [0.3, 0.4) is 0 Å². The van der Waals surface area contributed by atoms with Crippen LogP contribution in [0.25, 0.3) is 6.08 Å². The molecule has 0 saturated carbocycles. The zero-order valence-electron chi connectivity index (χ0n) is 14.7. The number of ether oxygens (including phenoxy) is 3. The first-order valence-electron chi connectivity index (χ1n) is 7.55. The van der Waals surface area contributed by atoms with E-state index in [0.717, 1.165) is 10.6 Å². The van der Waals surface area contributed by atoms with Gasteiger partial charge in [0.25, 0.3) is 0 Å². The zero-order chi connectivity index (χ0) is 18.2. The van der Waals surface area contributed by atoms with Gasteiger partial charge >= 0.3 is 0 Å². The van der Waals surface area contributed by atoms with E-state index < -0.39 is 0 Å². The van der Waals surface area contributed by atoms with Crippen molar-refractivity contribution >= 4 is 29.4 Å². The molecule has 1 amide bonds. The molecule has 0 bridgehead atoms. The van der Waals surface area contributed by atoms with Crippen LogP contribution in [-0.2, 0) is 4.79 Å². The second-order valence-electron chi connectivity index (χ2n) is 4.95. The Balaban J connectivity index is 2.22. The highest BCUT2D eigenvalue weighted by molar-refractivity contribution is 7.98. The molecule has 0 fully saturated rings. The van der Waals surface area contributed by atoms with Crippen molar-refractivity contribution in [3.63, 3.8) is 0 Å². The maximum atomic E-state index is 12.2. The minimum absolute atomic E-state index is 0.224. The Morgan fingerprint density at radius 2 is 1.72 bits per heavy atom. The molecule has 0 saturated heterocycles. The van der Waals surface area contributed by atoms with Crippen LogP contribution < -0.4 is 19.5 Å². The molecule has 132 valence electrons. The van der Waals surface area contributed by atoms with Crippen LogP contribution >= 0.6 is 11.8 Å². The topological polar surface area (TPSA) is 56.8 Å². The Labute approximate surface area is 152 Å². The predicted octanol–water partition coefficient (Wildman–Crippen LogP) is 4.09. The standard InChI is InChI=1S/C19H21NO4S/c1-22-15-11-9-13(18(23-2)19(15)24-3)10-12-17(21)20-14-7-5-6-8-16(14)25-4/h5-12H,1-4H3,(H,20,21)/b12-10+.